The fourth-order valence-corrected chi connectivity index (χ4v) is 5.84. The summed E-state index contributed by atoms with van der Waals surface area (Å²) in [7, 11) is -3.55. The zero-order chi connectivity index (χ0) is 20.0. The van der Waals surface area contributed by atoms with Crippen LogP contribution in [0.4, 0.5) is 0 Å². The average molecular weight is 407 g/mol. The predicted octanol–water partition coefficient (Wildman–Crippen LogP) is 4.40. The highest BCUT2D eigenvalue weighted by molar-refractivity contribution is 7.89. The molecule has 1 aromatic carbocycles. The smallest absolute Gasteiger partial charge is 0.251 e. The normalized spacial score (nSPS) is 20.8. The number of carbonyl (C=O) groups is 1. The average Bonchev–Trinajstić information content (AvgIpc) is 2.94. The van der Waals surface area contributed by atoms with E-state index < -0.39 is 10.0 Å². The third kappa shape index (κ3) is 5.35. The third-order valence-electron chi connectivity index (χ3n) is 6.10. The molecule has 0 atom stereocenters. The molecule has 1 saturated heterocycles. The monoisotopic (exact) mass is 406 g/mol. The summed E-state index contributed by atoms with van der Waals surface area (Å²) in [6, 6.07) is 5.17. The van der Waals surface area contributed by atoms with Crippen molar-refractivity contribution in [3.05, 3.63) is 29.3 Å². The molecule has 0 bridgehead atoms. The number of sulfonamides is 1. The Labute approximate surface area is 169 Å². The standard InChI is InChI=1S/C22H34N2O3S/c1-18-13-14-20(28(26,27)24-15-9-5-6-10-16-24)17-21(18)22(25)23-19-11-7-3-2-4-8-12-19/h13-14,17,19H,2-12,15-16H2,1H3,(H,23,25). The van der Waals surface area contributed by atoms with Gasteiger partial charge in [0.15, 0.2) is 0 Å². The summed E-state index contributed by atoms with van der Waals surface area (Å²) >= 11 is 0. The molecule has 1 N–H and O–H groups in total. The van der Waals surface area contributed by atoms with E-state index in [9.17, 15) is 13.2 Å². The van der Waals surface area contributed by atoms with E-state index in [1.807, 2.05) is 6.92 Å². The van der Waals surface area contributed by atoms with Crippen LogP contribution in [0.1, 0.15) is 86.6 Å². The number of nitrogens with one attached hydrogen (secondary N) is 1. The Bertz CT molecular complexity index is 760. The van der Waals surface area contributed by atoms with Crippen LogP contribution in [0, 0.1) is 6.92 Å². The third-order valence-corrected chi connectivity index (χ3v) is 7.99. The number of rotatable bonds is 4. The van der Waals surface area contributed by atoms with Crippen molar-refractivity contribution >= 4 is 15.9 Å². The molecule has 0 aromatic heterocycles. The van der Waals surface area contributed by atoms with Gasteiger partial charge in [-0.1, -0.05) is 51.0 Å². The topological polar surface area (TPSA) is 66.5 Å². The zero-order valence-electron chi connectivity index (χ0n) is 17.1. The predicted molar refractivity (Wildman–Crippen MR) is 112 cm³/mol. The van der Waals surface area contributed by atoms with Gasteiger partial charge >= 0.3 is 0 Å². The number of aryl methyl sites for hydroxylation is 1. The second kappa shape index (κ2) is 9.88. The van der Waals surface area contributed by atoms with Crippen molar-refractivity contribution in [2.75, 3.05) is 13.1 Å². The molecule has 3 rings (SSSR count). The van der Waals surface area contributed by atoms with Crippen LogP contribution >= 0.6 is 0 Å². The molecule has 0 spiro atoms. The first-order chi connectivity index (χ1) is 13.5. The van der Waals surface area contributed by atoms with Crippen molar-refractivity contribution in [1.29, 1.82) is 0 Å². The lowest BCUT2D eigenvalue weighted by Gasteiger charge is -2.22. The first-order valence-corrected chi connectivity index (χ1v) is 12.3. The molecular formula is C22H34N2O3S. The van der Waals surface area contributed by atoms with Gasteiger partial charge in [-0.15, -0.1) is 0 Å². The van der Waals surface area contributed by atoms with Crippen LogP contribution in [0.25, 0.3) is 0 Å². The van der Waals surface area contributed by atoms with Crippen LogP contribution in [0.5, 0.6) is 0 Å². The van der Waals surface area contributed by atoms with Crippen LogP contribution in [0.3, 0.4) is 0 Å². The summed E-state index contributed by atoms with van der Waals surface area (Å²) < 4.78 is 27.8. The Kier molecular flexibility index (Phi) is 7.52. The molecule has 156 valence electrons. The second-order valence-electron chi connectivity index (χ2n) is 8.31. The van der Waals surface area contributed by atoms with Crippen molar-refractivity contribution in [2.24, 2.45) is 0 Å². The Balaban J connectivity index is 1.77. The van der Waals surface area contributed by atoms with E-state index >= 15 is 0 Å². The highest BCUT2D eigenvalue weighted by Crippen LogP contribution is 2.23. The van der Waals surface area contributed by atoms with E-state index in [4.69, 9.17) is 0 Å². The fraction of sp³-hybridized carbons (Fsp3) is 0.682. The van der Waals surface area contributed by atoms with Gasteiger partial charge in [-0.3, -0.25) is 4.79 Å². The molecule has 1 aliphatic carbocycles. The van der Waals surface area contributed by atoms with E-state index in [0.29, 0.717) is 18.7 Å². The SMILES string of the molecule is Cc1ccc(S(=O)(=O)N2CCCCCC2)cc1C(=O)NC1CCCCCCC1. The lowest BCUT2D eigenvalue weighted by atomic mass is 9.96. The molecule has 0 radical (unpaired) electrons. The Hall–Kier alpha value is -1.40. The van der Waals surface area contributed by atoms with E-state index in [0.717, 1.165) is 56.9 Å². The quantitative estimate of drug-likeness (QED) is 0.806. The first kappa shape index (κ1) is 21.3. The summed E-state index contributed by atoms with van der Waals surface area (Å²) in [5.74, 6) is -0.143. The van der Waals surface area contributed by atoms with Crippen LogP contribution in [0.15, 0.2) is 23.1 Å². The van der Waals surface area contributed by atoms with Gasteiger partial charge < -0.3 is 5.32 Å². The van der Waals surface area contributed by atoms with Crippen LogP contribution in [-0.4, -0.2) is 37.8 Å². The minimum Gasteiger partial charge on any atom is -0.349 e. The molecule has 1 amide bonds. The maximum Gasteiger partial charge on any atom is 0.251 e. The largest absolute Gasteiger partial charge is 0.349 e. The van der Waals surface area contributed by atoms with Crippen molar-refractivity contribution < 1.29 is 13.2 Å². The molecule has 6 heteroatoms. The molecular weight excluding hydrogens is 372 g/mol. The van der Waals surface area contributed by atoms with Crippen LogP contribution < -0.4 is 5.32 Å². The van der Waals surface area contributed by atoms with Gasteiger partial charge in [-0.05, 0) is 50.3 Å². The highest BCUT2D eigenvalue weighted by atomic mass is 32.2. The number of benzene rings is 1. The number of carbonyl (C=O) groups excluding carboxylic acids is 1. The molecule has 2 fully saturated rings. The second-order valence-corrected chi connectivity index (χ2v) is 10.2. The van der Waals surface area contributed by atoms with Crippen molar-refractivity contribution in [3.63, 3.8) is 0 Å². The minimum absolute atomic E-state index is 0.143. The molecule has 5 nitrogen and oxygen atoms in total. The van der Waals surface area contributed by atoms with E-state index in [-0.39, 0.29) is 16.8 Å². The summed E-state index contributed by atoms with van der Waals surface area (Å²) in [6.45, 7) is 3.01. The van der Waals surface area contributed by atoms with Gasteiger partial charge in [0.2, 0.25) is 10.0 Å². The number of hydrogen-bond donors (Lipinski definition) is 1. The van der Waals surface area contributed by atoms with Crippen LogP contribution in [-0.2, 0) is 10.0 Å². The van der Waals surface area contributed by atoms with Crippen LogP contribution in [0.2, 0.25) is 0 Å². The highest BCUT2D eigenvalue weighted by Gasteiger charge is 2.26. The van der Waals surface area contributed by atoms with E-state index in [1.165, 1.54) is 19.3 Å². The Morgan fingerprint density at radius 3 is 2.14 bits per heavy atom. The van der Waals surface area contributed by atoms with E-state index in [1.54, 1.807) is 22.5 Å². The van der Waals surface area contributed by atoms with Gasteiger partial charge in [-0.25, -0.2) is 8.42 Å². The van der Waals surface area contributed by atoms with Gasteiger partial charge in [-0.2, -0.15) is 4.31 Å². The van der Waals surface area contributed by atoms with Crippen molar-refractivity contribution in [3.8, 4) is 0 Å². The molecule has 1 aromatic rings. The molecule has 28 heavy (non-hydrogen) atoms. The van der Waals surface area contributed by atoms with Gasteiger partial charge in [0.25, 0.3) is 5.91 Å². The maximum absolute atomic E-state index is 13.1. The van der Waals surface area contributed by atoms with E-state index in [2.05, 4.69) is 5.32 Å². The minimum atomic E-state index is -3.55. The zero-order valence-corrected chi connectivity index (χ0v) is 17.9. The molecule has 2 aliphatic rings. The summed E-state index contributed by atoms with van der Waals surface area (Å²) in [5.41, 5.74) is 1.30. The number of nitrogens with zero attached hydrogens (tertiary/aromatic N) is 1. The van der Waals surface area contributed by atoms with Gasteiger partial charge in [0.1, 0.15) is 0 Å². The lowest BCUT2D eigenvalue weighted by molar-refractivity contribution is 0.0929. The first-order valence-electron chi connectivity index (χ1n) is 10.9. The van der Waals surface area contributed by atoms with Gasteiger partial charge in [0, 0.05) is 24.7 Å². The summed E-state index contributed by atoms with van der Waals surface area (Å²) in [5, 5.41) is 3.16. The molecule has 0 unspecified atom stereocenters. The summed E-state index contributed by atoms with van der Waals surface area (Å²) in [6.07, 6.45) is 12.0. The van der Waals surface area contributed by atoms with Crippen molar-refractivity contribution in [1.82, 2.24) is 9.62 Å². The number of amides is 1. The van der Waals surface area contributed by atoms with Gasteiger partial charge in [0.05, 0.1) is 4.90 Å². The molecule has 1 heterocycles. The fourth-order valence-electron chi connectivity index (χ4n) is 4.30. The maximum atomic E-state index is 13.1. The lowest BCUT2D eigenvalue weighted by Crippen LogP contribution is -2.36. The Morgan fingerprint density at radius 2 is 1.50 bits per heavy atom. The molecule has 1 aliphatic heterocycles. The van der Waals surface area contributed by atoms with Crippen molar-refractivity contribution in [2.45, 2.75) is 88.5 Å². The molecule has 1 saturated carbocycles. The Morgan fingerprint density at radius 1 is 0.929 bits per heavy atom. The number of hydrogen-bond acceptors (Lipinski definition) is 3. The summed E-state index contributed by atoms with van der Waals surface area (Å²) in [4.78, 5) is 13.2.